The van der Waals surface area contributed by atoms with E-state index in [1.54, 1.807) is 0 Å². The lowest BCUT2D eigenvalue weighted by atomic mass is 10.1. The van der Waals surface area contributed by atoms with E-state index in [0.717, 1.165) is 38.5 Å². The van der Waals surface area contributed by atoms with Gasteiger partial charge in [0.2, 0.25) is 0 Å². The Morgan fingerprint density at radius 2 is 1.08 bits per heavy atom. The van der Waals surface area contributed by atoms with Crippen LogP contribution in [0.5, 0.6) is 0 Å². The fraction of sp³-hybridized carbons (Fsp3) is 0.762. The normalized spacial score (nSPS) is 14.2. The second kappa shape index (κ2) is 34.7. The number of rotatable bonds is 36. The monoisotopic (exact) mass is 755 g/mol. The highest BCUT2D eigenvalue weighted by atomic mass is 31.2. The summed E-state index contributed by atoms with van der Waals surface area (Å²) in [6.45, 7) is 4.30. The second-order valence-corrected chi connectivity index (χ2v) is 16.1. The molecular formula is C42H77NO8P+. The molecular weight excluding hydrogens is 677 g/mol. The van der Waals surface area contributed by atoms with E-state index in [1.165, 1.54) is 83.5 Å². The van der Waals surface area contributed by atoms with Gasteiger partial charge >= 0.3 is 19.8 Å². The number of phosphoric acid groups is 1. The average Bonchev–Trinajstić information content (AvgIpc) is 3.09. The van der Waals surface area contributed by atoms with E-state index in [4.69, 9.17) is 18.5 Å². The molecule has 0 aliphatic heterocycles. The molecule has 0 saturated heterocycles. The number of nitrogens with zero attached hydrogens (tertiary/aromatic N) is 1. The summed E-state index contributed by atoms with van der Waals surface area (Å²) in [4.78, 5) is 35.2. The lowest BCUT2D eigenvalue weighted by molar-refractivity contribution is -0.870. The average molecular weight is 755 g/mol. The highest BCUT2D eigenvalue weighted by molar-refractivity contribution is 7.47. The van der Waals surface area contributed by atoms with Gasteiger partial charge in [-0.05, 0) is 44.9 Å². The van der Waals surface area contributed by atoms with E-state index in [2.05, 4.69) is 50.3 Å². The highest BCUT2D eigenvalue weighted by Gasteiger charge is 2.27. The molecule has 0 amide bonds. The minimum atomic E-state index is -4.39. The zero-order chi connectivity index (χ0) is 38.6. The molecule has 10 heteroatoms. The van der Waals surface area contributed by atoms with Crippen molar-refractivity contribution in [1.82, 2.24) is 0 Å². The number of ether oxygens (including phenoxy) is 2. The zero-order valence-corrected chi connectivity index (χ0v) is 34.7. The van der Waals surface area contributed by atoms with E-state index < -0.39 is 26.5 Å². The van der Waals surface area contributed by atoms with Crippen molar-refractivity contribution in [3.8, 4) is 0 Å². The Labute approximate surface area is 318 Å². The second-order valence-electron chi connectivity index (χ2n) is 14.7. The van der Waals surface area contributed by atoms with Crippen LogP contribution in [0.4, 0.5) is 0 Å². The van der Waals surface area contributed by atoms with E-state index >= 15 is 0 Å². The van der Waals surface area contributed by atoms with Gasteiger partial charge in [0.15, 0.2) is 6.10 Å². The Morgan fingerprint density at radius 1 is 0.596 bits per heavy atom. The summed E-state index contributed by atoms with van der Waals surface area (Å²) in [5.41, 5.74) is 0. The van der Waals surface area contributed by atoms with E-state index in [0.29, 0.717) is 17.4 Å². The number of quaternary nitrogens is 1. The van der Waals surface area contributed by atoms with Crippen molar-refractivity contribution in [3.05, 3.63) is 48.6 Å². The molecule has 0 radical (unpaired) electrons. The molecule has 0 bridgehead atoms. The number of carbonyl (C=O) groups is 2. The molecule has 0 saturated carbocycles. The number of unbranched alkanes of at least 4 members (excludes halogenated alkanes) is 14. The Kier molecular flexibility index (Phi) is 33.4. The topological polar surface area (TPSA) is 108 Å². The summed E-state index contributed by atoms with van der Waals surface area (Å²) in [7, 11) is 1.43. The van der Waals surface area contributed by atoms with Gasteiger partial charge in [0, 0.05) is 12.8 Å². The van der Waals surface area contributed by atoms with Gasteiger partial charge in [0.1, 0.15) is 19.8 Å². The Balaban J connectivity index is 4.54. The highest BCUT2D eigenvalue weighted by Crippen LogP contribution is 2.43. The Bertz CT molecular complexity index is 1030. The smallest absolute Gasteiger partial charge is 0.462 e. The van der Waals surface area contributed by atoms with Gasteiger partial charge < -0.3 is 18.9 Å². The lowest BCUT2D eigenvalue weighted by Gasteiger charge is -2.24. The van der Waals surface area contributed by atoms with Gasteiger partial charge in [-0.3, -0.25) is 18.6 Å². The quantitative estimate of drug-likeness (QED) is 0.0221. The molecule has 0 aromatic carbocycles. The van der Waals surface area contributed by atoms with Gasteiger partial charge in [-0.25, -0.2) is 4.57 Å². The van der Waals surface area contributed by atoms with Crippen LogP contribution in [0.15, 0.2) is 48.6 Å². The lowest BCUT2D eigenvalue weighted by Crippen LogP contribution is -2.37. The van der Waals surface area contributed by atoms with Crippen LogP contribution in [-0.4, -0.2) is 74.9 Å². The first kappa shape index (κ1) is 50.0. The number of carbonyl (C=O) groups excluding carboxylic acids is 2. The van der Waals surface area contributed by atoms with Crippen molar-refractivity contribution in [2.75, 3.05) is 47.5 Å². The van der Waals surface area contributed by atoms with Gasteiger partial charge in [0.05, 0.1) is 27.7 Å². The molecule has 2 atom stereocenters. The minimum absolute atomic E-state index is 0.0187. The maximum atomic E-state index is 12.6. The maximum absolute atomic E-state index is 12.6. The molecule has 0 spiro atoms. The third kappa shape index (κ3) is 37.7. The summed E-state index contributed by atoms with van der Waals surface area (Å²) in [5.74, 6) is -0.895. The third-order valence-electron chi connectivity index (χ3n) is 8.38. The summed E-state index contributed by atoms with van der Waals surface area (Å²) < 4.78 is 34.1. The zero-order valence-electron chi connectivity index (χ0n) is 33.8. The number of phosphoric ester groups is 1. The van der Waals surface area contributed by atoms with Crippen LogP contribution in [0.3, 0.4) is 0 Å². The predicted octanol–water partition coefficient (Wildman–Crippen LogP) is 11.1. The van der Waals surface area contributed by atoms with E-state index in [1.807, 2.05) is 33.3 Å². The molecule has 0 aliphatic carbocycles. The van der Waals surface area contributed by atoms with Crippen molar-refractivity contribution >= 4 is 19.8 Å². The van der Waals surface area contributed by atoms with Gasteiger partial charge in [-0.2, -0.15) is 0 Å². The van der Waals surface area contributed by atoms with Crippen molar-refractivity contribution < 1.29 is 42.1 Å². The predicted molar refractivity (Wildman–Crippen MR) is 215 cm³/mol. The number of hydrogen-bond acceptors (Lipinski definition) is 7. The van der Waals surface area contributed by atoms with Crippen LogP contribution < -0.4 is 0 Å². The van der Waals surface area contributed by atoms with Gasteiger partial charge in [0.25, 0.3) is 0 Å². The molecule has 52 heavy (non-hydrogen) atoms. The molecule has 0 aromatic heterocycles. The fourth-order valence-corrected chi connectivity index (χ4v) is 5.88. The summed E-state index contributed by atoms with van der Waals surface area (Å²) in [5, 5.41) is 0. The summed E-state index contributed by atoms with van der Waals surface area (Å²) in [6, 6.07) is 0. The molecule has 0 aromatic rings. The van der Waals surface area contributed by atoms with E-state index in [9.17, 15) is 19.0 Å². The van der Waals surface area contributed by atoms with Crippen molar-refractivity contribution in [2.24, 2.45) is 0 Å². The van der Waals surface area contributed by atoms with E-state index in [-0.39, 0.29) is 32.0 Å². The molecule has 9 nitrogen and oxygen atoms in total. The number of allylic oxidation sites excluding steroid dienone is 8. The van der Waals surface area contributed by atoms with Crippen LogP contribution in [0.2, 0.25) is 0 Å². The SMILES string of the molecule is CCCCCC/C=C\C/C=C\C/C=C\C/C=C\CCC(=O)OC(COC(=O)CCCCCCCCCCCCC)COP(=O)(O)OCC[N+](C)(C)C. The first-order chi connectivity index (χ1) is 25.0. The van der Waals surface area contributed by atoms with Crippen molar-refractivity contribution in [2.45, 2.75) is 161 Å². The molecule has 0 aliphatic rings. The molecule has 2 unspecified atom stereocenters. The van der Waals surface area contributed by atoms with Crippen molar-refractivity contribution in [3.63, 3.8) is 0 Å². The molecule has 0 heterocycles. The van der Waals surface area contributed by atoms with Crippen molar-refractivity contribution in [1.29, 1.82) is 0 Å². The first-order valence-corrected chi connectivity index (χ1v) is 21.9. The Morgan fingerprint density at radius 3 is 1.62 bits per heavy atom. The van der Waals surface area contributed by atoms with Gasteiger partial charge in [-0.1, -0.05) is 146 Å². The number of esters is 2. The summed E-state index contributed by atoms with van der Waals surface area (Å²) >= 11 is 0. The van der Waals surface area contributed by atoms with Crippen LogP contribution in [0, 0.1) is 0 Å². The standard InChI is InChI=1S/C42H76NO8P/c1-6-8-10-12-14-16-18-19-20-21-22-23-25-27-29-31-33-35-42(45)51-40(39-50-52(46,47)49-37-36-43(3,4)5)38-48-41(44)34-32-30-28-26-24-17-15-13-11-9-7-2/h16,18,20-21,23,25,29,31,40H,6-15,17,19,22,24,26-28,30,32-39H2,1-5H3/p+1/b18-16-,21-20-,25-23-,31-29-. The van der Waals surface area contributed by atoms with Crippen LogP contribution in [0.1, 0.15) is 155 Å². The number of likely N-dealkylation sites (N-methyl/N-ethyl adjacent to an activating group) is 1. The van der Waals surface area contributed by atoms with Crippen LogP contribution >= 0.6 is 7.82 Å². The van der Waals surface area contributed by atoms with Crippen LogP contribution in [-0.2, 0) is 32.7 Å². The molecule has 302 valence electrons. The molecule has 1 N–H and O–H groups in total. The first-order valence-electron chi connectivity index (χ1n) is 20.4. The fourth-order valence-electron chi connectivity index (χ4n) is 5.14. The molecule has 0 rings (SSSR count). The van der Waals surface area contributed by atoms with Gasteiger partial charge in [-0.15, -0.1) is 0 Å². The molecule has 0 fully saturated rings. The maximum Gasteiger partial charge on any atom is 0.472 e. The largest absolute Gasteiger partial charge is 0.472 e. The number of hydrogen-bond donors (Lipinski definition) is 1. The van der Waals surface area contributed by atoms with Crippen LogP contribution in [0.25, 0.3) is 0 Å². The third-order valence-corrected chi connectivity index (χ3v) is 9.36. The minimum Gasteiger partial charge on any atom is -0.462 e. The Hall–Kier alpha value is -2.03. The summed E-state index contributed by atoms with van der Waals surface area (Å²) in [6.07, 6.45) is 38.9.